The lowest BCUT2D eigenvalue weighted by Gasteiger charge is -2.21. The van der Waals surface area contributed by atoms with Gasteiger partial charge >= 0.3 is 0 Å². The highest BCUT2D eigenvalue weighted by molar-refractivity contribution is 5.27. The molecule has 1 N–H and O–H groups in total. The van der Waals surface area contributed by atoms with Crippen LogP contribution < -0.4 is 5.32 Å². The van der Waals surface area contributed by atoms with Crippen LogP contribution in [0.1, 0.15) is 30.9 Å². The summed E-state index contributed by atoms with van der Waals surface area (Å²) in [5.74, 6) is 0. The van der Waals surface area contributed by atoms with E-state index in [0.717, 1.165) is 32.1 Å². The molecule has 3 heteroatoms. The Bertz CT molecular complexity index is 417. The van der Waals surface area contributed by atoms with Crippen LogP contribution in [0, 0.1) is 0 Å². The number of likely N-dealkylation sites (N-methyl/N-ethyl adjacent to an activating group) is 1. The second-order valence-electron chi connectivity index (χ2n) is 6.41. The van der Waals surface area contributed by atoms with E-state index >= 15 is 0 Å². The van der Waals surface area contributed by atoms with E-state index in [1.165, 1.54) is 37.1 Å². The molecule has 1 atom stereocenters. The summed E-state index contributed by atoms with van der Waals surface area (Å²) in [5, 5.41) is 3.51. The maximum atomic E-state index is 3.51. The first-order chi connectivity index (χ1) is 10.2. The molecular weight excluding hydrogens is 258 g/mol. The zero-order valence-corrected chi connectivity index (χ0v) is 13.9. The van der Waals surface area contributed by atoms with Crippen molar-refractivity contribution >= 4 is 0 Å². The third-order valence-corrected chi connectivity index (χ3v) is 4.49. The Balaban J connectivity index is 1.88. The lowest BCUT2D eigenvalue weighted by atomic mass is 10.0. The van der Waals surface area contributed by atoms with Crippen molar-refractivity contribution in [3.63, 3.8) is 0 Å². The minimum Gasteiger partial charge on any atom is -0.316 e. The van der Waals surface area contributed by atoms with Gasteiger partial charge in [0.25, 0.3) is 0 Å². The third kappa shape index (κ3) is 5.10. The van der Waals surface area contributed by atoms with Gasteiger partial charge in [0, 0.05) is 25.7 Å². The molecule has 0 aromatic heterocycles. The Morgan fingerprint density at radius 1 is 1.19 bits per heavy atom. The van der Waals surface area contributed by atoms with Gasteiger partial charge in [0.2, 0.25) is 0 Å². The van der Waals surface area contributed by atoms with Gasteiger partial charge in [-0.25, -0.2) is 0 Å². The number of rotatable bonds is 8. The Hall–Kier alpha value is -0.900. The maximum absolute atomic E-state index is 3.51. The number of hydrogen-bond donors (Lipinski definition) is 1. The minimum absolute atomic E-state index is 0.725. The van der Waals surface area contributed by atoms with Crippen molar-refractivity contribution in [1.82, 2.24) is 15.1 Å². The molecule has 1 fully saturated rings. The van der Waals surface area contributed by atoms with Crippen LogP contribution in [0.4, 0.5) is 0 Å². The van der Waals surface area contributed by atoms with Gasteiger partial charge in [-0.3, -0.25) is 4.90 Å². The van der Waals surface area contributed by atoms with Crippen LogP contribution in [0.5, 0.6) is 0 Å². The number of likely N-dealkylation sites (tertiary alicyclic amines) is 1. The summed E-state index contributed by atoms with van der Waals surface area (Å²) in [5.41, 5.74) is 3.02. The molecule has 3 nitrogen and oxygen atoms in total. The molecule has 1 aliphatic heterocycles. The summed E-state index contributed by atoms with van der Waals surface area (Å²) in [6.45, 7) is 7.97. The van der Waals surface area contributed by atoms with Gasteiger partial charge in [0.15, 0.2) is 0 Å². The standard InChI is InChI=1S/C18H31N3/c1-4-11-19-12-9-16-7-5-6-8-17(16)14-21-13-10-18(15-21)20(2)3/h5-8,18-19H,4,9-15H2,1-3H3. The van der Waals surface area contributed by atoms with E-state index < -0.39 is 0 Å². The number of nitrogens with one attached hydrogen (secondary N) is 1. The van der Waals surface area contributed by atoms with Gasteiger partial charge in [0.1, 0.15) is 0 Å². The van der Waals surface area contributed by atoms with Crippen LogP contribution in [0.3, 0.4) is 0 Å². The fraction of sp³-hybridized carbons (Fsp3) is 0.667. The molecule has 1 unspecified atom stereocenters. The molecule has 1 aromatic carbocycles. The summed E-state index contributed by atoms with van der Waals surface area (Å²) < 4.78 is 0. The highest BCUT2D eigenvalue weighted by Gasteiger charge is 2.24. The molecule has 0 amide bonds. The molecule has 1 heterocycles. The van der Waals surface area contributed by atoms with Crippen LogP contribution in [-0.2, 0) is 13.0 Å². The summed E-state index contributed by atoms with van der Waals surface area (Å²) in [6, 6.07) is 9.67. The van der Waals surface area contributed by atoms with E-state index in [0.29, 0.717) is 0 Å². The molecular formula is C18H31N3. The Morgan fingerprint density at radius 2 is 1.95 bits per heavy atom. The lowest BCUT2D eigenvalue weighted by Crippen LogP contribution is -2.31. The molecule has 1 aliphatic rings. The van der Waals surface area contributed by atoms with Crippen molar-refractivity contribution in [1.29, 1.82) is 0 Å². The SMILES string of the molecule is CCCNCCc1ccccc1CN1CCC(N(C)C)C1. The monoisotopic (exact) mass is 289 g/mol. The first-order valence-corrected chi connectivity index (χ1v) is 8.37. The zero-order chi connectivity index (χ0) is 15.1. The van der Waals surface area contributed by atoms with E-state index in [1.807, 2.05) is 0 Å². The van der Waals surface area contributed by atoms with Crippen molar-refractivity contribution < 1.29 is 0 Å². The molecule has 21 heavy (non-hydrogen) atoms. The number of nitrogens with zero attached hydrogens (tertiary/aromatic N) is 2. The molecule has 0 radical (unpaired) electrons. The van der Waals surface area contributed by atoms with Gasteiger partial charge < -0.3 is 10.2 Å². The van der Waals surface area contributed by atoms with Crippen molar-refractivity contribution in [2.45, 2.75) is 38.8 Å². The summed E-state index contributed by atoms with van der Waals surface area (Å²) in [6.07, 6.45) is 3.65. The summed E-state index contributed by atoms with van der Waals surface area (Å²) >= 11 is 0. The van der Waals surface area contributed by atoms with E-state index in [4.69, 9.17) is 0 Å². The fourth-order valence-corrected chi connectivity index (χ4v) is 3.10. The predicted octanol–water partition coefficient (Wildman–Crippen LogP) is 2.36. The van der Waals surface area contributed by atoms with Crippen molar-refractivity contribution in [2.75, 3.05) is 40.3 Å². The van der Waals surface area contributed by atoms with Gasteiger partial charge in [-0.2, -0.15) is 0 Å². The lowest BCUT2D eigenvalue weighted by molar-refractivity contribution is 0.264. The van der Waals surface area contributed by atoms with E-state index in [1.54, 1.807) is 0 Å². The van der Waals surface area contributed by atoms with E-state index in [9.17, 15) is 0 Å². The van der Waals surface area contributed by atoms with Crippen LogP contribution in [0.15, 0.2) is 24.3 Å². The molecule has 0 saturated carbocycles. The number of hydrogen-bond acceptors (Lipinski definition) is 3. The highest BCUT2D eigenvalue weighted by atomic mass is 15.2. The topological polar surface area (TPSA) is 18.5 Å². The molecule has 0 spiro atoms. The predicted molar refractivity (Wildman–Crippen MR) is 90.7 cm³/mol. The minimum atomic E-state index is 0.725. The van der Waals surface area contributed by atoms with Crippen molar-refractivity contribution in [3.05, 3.63) is 35.4 Å². The van der Waals surface area contributed by atoms with E-state index in [2.05, 4.69) is 60.4 Å². The van der Waals surface area contributed by atoms with Crippen LogP contribution in [0.25, 0.3) is 0 Å². The largest absolute Gasteiger partial charge is 0.316 e. The third-order valence-electron chi connectivity index (χ3n) is 4.49. The van der Waals surface area contributed by atoms with E-state index in [-0.39, 0.29) is 0 Å². The second kappa shape index (κ2) is 8.52. The van der Waals surface area contributed by atoms with Gasteiger partial charge in [-0.15, -0.1) is 0 Å². The van der Waals surface area contributed by atoms with Crippen molar-refractivity contribution in [2.24, 2.45) is 0 Å². The van der Waals surface area contributed by atoms with Crippen LogP contribution >= 0.6 is 0 Å². The molecule has 118 valence electrons. The molecule has 2 rings (SSSR count). The maximum Gasteiger partial charge on any atom is 0.0237 e. The Labute approximate surface area is 130 Å². The summed E-state index contributed by atoms with van der Waals surface area (Å²) in [7, 11) is 4.39. The van der Waals surface area contributed by atoms with Crippen LogP contribution in [-0.4, -0.2) is 56.1 Å². The first kappa shape index (κ1) is 16.5. The normalized spacial score (nSPS) is 19.5. The molecule has 1 aromatic rings. The smallest absolute Gasteiger partial charge is 0.0237 e. The van der Waals surface area contributed by atoms with Gasteiger partial charge in [-0.1, -0.05) is 31.2 Å². The van der Waals surface area contributed by atoms with Gasteiger partial charge in [-0.05, 0) is 57.6 Å². The first-order valence-electron chi connectivity index (χ1n) is 8.37. The Morgan fingerprint density at radius 3 is 2.62 bits per heavy atom. The average molecular weight is 289 g/mol. The summed E-state index contributed by atoms with van der Waals surface area (Å²) in [4.78, 5) is 4.96. The highest BCUT2D eigenvalue weighted by Crippen LogP contribution is 2.18. The molecule has 0 bridgehead atoms. The van der Waals surface area contributed by atoms with Crippen LogP contribution in [0.2, 0.25) is 0 Å². The van der Waals surface area contributed by atoms with Gasteiger partial charge in [0.05, 0.1) is 0 Å². The molecule has 0 aliphatic carbocycles. The quantitative estimate of drug-likeness (QED) is 0.741. The van der Waals surface area contributed by atoms with Crippen molar-refractivity contribution in [3.8, 4) is 0 Å². The fourth-order valence-electron chi connectivity index (χ4n) is 3.10. The average Bonchev–Trinajstić information content (AvgIpc) is 2.94. The Kier molecular flexibility index (Phi) is 6.68. The number of benzene rings is 1. The zero-order valence-electron chi connectivity index (χ0n) is 13.9. The molecule has 1 saturated heterocycles. The second-order valence-corrected chi connectivity index (χ2v) is 6.41.